The Morgan fingerprint density at radius 2 is 1.77 bits per heavy atom. The number of ether oxygens (including phenoxy) is 1. The Bertz CT molecular complexity index is 737. The van der Waals surface area contributed by atoms with Crippen molar-refractivity contribution in [3.05, 3.63) is 54.1 Å². The van der Waals surface area contributed by atoms with Gasteiger partial charge in [-0.2, -0.15) is 0 Å². The van der Waals surface area contributed by atoms with Crippen LogP contribution in [0.5, 0.6) is 5.75 Å². The Morgan fingerprint density at radius 1 is 1.08 bits per heavy atom. The number of carbonyl (C=O) groups is 1. The number of aryl methyl sites for hydroxylation is 1. The first-order chi connectivity index (χ1) is 12.6. The summed E-state index contributed by atoms with van der Waals surface area (Å²) in [4.78, 5) is 17.2. The highest BCUT2D eigenvalue weighted by Gasteiger charge is 2.25. The SMILES string of the molecule is COc1ccc(N2CCN(C(C)C(=O)Nc3cccc(C)c3)CC2)cc1. The molecule has 0 bridgehead atoms. The zero-order valence-electron chi connectivity index (χ0n) is 15.7. The average Bonchev–Trinajstić information content (AvgIpc) is 2.67. The van der Waals surface area contributed by atoms with E-state index in [1.54, 1.807) is 7.11 Å². The highest BCUT2D eigenvalue weighted by molar-refractivity contribution is 5.94. The summed E-state index contributed by atoms with van der Waals surface area (Å²) in [5, 5.41) is 3.03. The number of anilines is 2. The highest BCUT2D eigenvalue weighted by atomic mass is 16.5. The smallest absolute Gasteiger partial charge is 0.241 e. The van der Waals surface area contributed by atoms with Gasteiger partial charge in [-0.3, -0.25) is 9.69 Å². The van der Waals surface area contributed by atoms with Crippen molar-refractivity contribution in [2.45, 2.75) is 19.9 Å². The van der Waals surface area contributed by atoms with E-state index in [1.165, 1.54) is 5.69 Å². The summed E-state index contributed by atoms with van der Waals surface area (Å²) in [6.45, 7) is 7.57. The second kappa shape index (κ2) is 8.23. The number of rotatable bonds is 5. The second-order valence-electron chi connectivity index (χ2n) is 6.76. The van der Waals surface area contributed by atoms with Gasteiger partial charge in [0.2, 0.25) is 5.91 Å². The number of nitrogens with zero attached hydrogens (tertiary/aromatic N) is 2. The molecule has 1 fully saturated rings. The molecule has 1 aliphatic rings. The molecule has 2 aromatic rings. The molecule has 0 radical (unpaired) electrons. The van der Waals surface area contributed by atoms with E-state index in [2.05, 4.69) is 27.2 Å². The highest BCUT2D eigenvalue weighted by Crippen LogP contribution is 2.21. The lowest BCUT2D eigenvalue weighted by atomic mass is 10.1. The molecular weight excluding hydrogens is 326 g/mol. The van der Waals surface area contributed by atoms with E-state index < -0.39 is 0 Å². The summed E-state index contributed by atoms with van der Waals surface area (Å²) in [6.07, 6.45) is 0. The fraction of sp³-hybridized carbons (Fsp3) is 0.381. The maximum absolute atomic E-state index is 12.6. The summed E-state index contributed by atoms with van der Waals surface area (Å²) in [5.41, 5.74) is 3.20. The molecule has 138 valence electrons. The Balaban J connectivity index is 1.54. The monoisotopic (exact) mass is 353 g/mol. The quantitative estimate of drug-likeness (QED) is 0.897. The number of benzene rings is 2. The van der Waals surface area contributed by atoms with Crippen molar-refractivity contribution in [1.29, 1.82) is 0 Å². The molecule has 5 heteroatoms. The van der Waals surface area contributed by atoms with Gasteiger partial charge >= 0.3 is 0 Å². The van der Waals surface area contributed by atoms with Gasteiger partial charge in [0, 0.05) is 37.6 Å². The molecule has 26 heavy (non-hydrogen) atoms. The van der Waals surface area contributed by atoms with Crippen LogP contribution in [0.25, 0.3) is 0 Å². The number of methoxy groups -OCH3 is 1. The van der Waals surface area contributed by atoms with Crippen LogP contribution in [0.2, 0.25) is 0 Å². The van der Waals surface area contributed by atoms with Crippen LogP contribution in [0.4, 0.5) is 11.4 Å². The van der Waals surface area contributed by atoms with E-state index in [9.17, 15) is 4.79 Å². The molecule has 0 saturated carbocycles. The minimum atomic E-state index is -0.145. The molecule has 0 aromatic heterocycles. The fourth-order valence-electron chi connectivity index (χ4n) is 3.30. The number of amides is 1. The summed E-state index contributed by atoms with van der Waals surface area (Å²) in [6, 6.07) is 15.9. The van der Waals surface area contributed by atoms with Crippen molar-refractivity contribution in [2.75, 3.05) is 43.5 Å². The third-order valence-electron chi connectivity index (χ3n) is 4.96. The Kier molecular flexibility index (Phi) is 5.78. The van der Waals surface area contributed by atoms with Crippen molar-refractivity contribution in [3.8, 4) is 5.75 Å². The van der Waals surface area contributed by atoms with Crippen molar-refractivity contribution >= 4 is 17.3 Å². The summed E-state index contributed by atoms with van der Waals surface area (Å²) in [7, 11) is 1.68. The minimum absolute atomic E-state index is 0.0495. The maximum Gasteiger partial charge on any atom is 0.241 e. The molecule has 2 aromatic carbocycles. The fourth-order valence-corrected chi connectivity index (χ4v) is 3.30. The molecule has 5 nitrogen and oxygen atoms in total. The Hall–Kier alpha value is -2.53. The van der Waals surface area contributed by atoms with E-state index in [4.69, 9.17) is 4.74 Å². The standard InChI is InChI=1S/C21H27N3O2/c1-16-5-4-6-18(15-16)22-21(25)17(2)23-11-13-24(14-12-23)19-7-9-20(26-3)10-8-19/h4-10,15,17H,11-14H2,1-3H3,(H,22,25). The van der Waals surface area contributed by atoms with Gasteiger partial charge in [-0.05, 0) is 55.8 Å². The van der Waals surface area contributed by atoms with Gasteiger partial charge < -0.3 is 15.0 Å². The first-order valence-corrected chi connectivity index (χ1v) is 9.07. The van der Waals surface area contributed by atoms with E-state index in [0.29, 0.717) is 0 Å². The largest absolute Gasteiger partial charge is 0.497 e. The van der Waals surface area contributed by atoms with Crippen LogP contribution in [0.1, 0.15) is 12.5 Å². The number of nitrogens with one attached hydrogen (secondary N) is 1. The van der Waals surface area contributed by atoms with Crippen molar-refractivity contribution in [3.63, 3.8) is 0 Å². The van der Waals surface area contributed by atoms with Crippen LogP contribution in [0.15, 0.2) is 48.5 Å². The van der Waals surface area contributed by atoms with Gasteiger partial charge in [0.05, 0.1) is 13.2 Å². The Morgan fingerprint density at radius 3 is 2.38 bits per heavy atom. The zero-order valence-corrected chi connectivity index (χ0v) is 15.7. The molecule has 0 aliphatic carbocycles. The second-order valence-corrected chi connectivity index (χ2v) is 6.76. The number of hydrogen-bond acceptors (Lipinski definition) is 4. The predicted molar refractivity (Wildman–Crippen MR) is 106 cm³/mol. The van der Waals surface area contributed by atoms with Crippen LogP contribution in [-0.2, 0) is 4.79 Å². The molecule has 0 spiro atoms. The molecule has 1 unspecified atom stereocenters. The van der Waals surface area contributed by atoms with Crippen molar-refractivity contribution in [1.82, 2.24) is 4.90 Å². The summed E-state index contributed by atoms with van der Waals surface area (Å²) in [5.74, 6) is 0.919. The molecule has 1 aliphatic heterocycles. The number of piperazine rings is 1. The number of carbonyl (C=O) groups excluding carboxylic acids is 1. The summed E-state index contributed by atoms with van der Waals surface area (Å²) < 4.78 is 5.22. The molecule has 1 heterocycles. The molecule has 1 N–H and O–H groups in total. The lowest BCUT2D eigenvalue weighted by Gasteiger charge is -2.38. The van der Waals surface area contributed by atoms with Gasteiger partial charge in [-0.1, -0.05) is 12.1 Å². The molecule has 1 atom stereocenters. The van der Waals surface area contributed by atoms with Crippen LogP contribution in [0, 0.1) is 6.92 Å². The maximum atomic E-state index is 12.6. The van der Waals surface area contributed by atoms with E-state index >= 15 is 0 Å². The van der Waals surface area contributed by atoms with E-state index in [1.807, 2.05) is 50.2 Å². The van der Waals surface area contributed by atoms with E-state index in [-0.39, 0.29) is 11.9 Å². The predicted octanol–water partition coefficient (Wildman–Crippen LogP) is 3.15. The van der Waals surface area contributed by atoms with Gasteiger partial charge in [0.15, 0.2) is 0 Å². The topological polar surface area (TPSA) is 44.8 Å². The minimum Gasteiger partial charge on any atom is -0.497 e. The first-order valence-electron chi connectivity index (χ1n) is 9.07. The molecule has 1 saturated heterocycles. The summed E-state index contributed by atoms with van der Waals surface area (Å²) >= 11 is 0. The lowest BCUT2D eigenvalue weighted by molar-refractivity contribution is -0.120. The van der Waals surface area contributed by atoms with Crippen molar-refractivity contribution in [2.24, 2.45) is 0 Å². The first kappa shape index (κ1) is 18.3. The zero-order chi connectivity index (χ0) is 18.5. The van der Waals surface area contributed by atoms with Crippen LogP contribution >= 0.6 is 0 Å². The molecular formula is C21H27N3O2. The van der Waals surface area contributed by atoms with Crippen LogP contribution in [-0.4, -0.2) is 50.1 Å². The lowest BCUT2D eigenvalue weighted by Crippen LogP contribution is -2.52. The number of hydrogen-bond donors (Lipinski definition) is 1. The van der Waals surface area contributed by atoms with Gasteiger partial charge in [0.1, 0.15) is 5.75 Å². The van der Waals surface area contributed by atoms with Gasteiger partial charge in [-0.25, -0.2) is 0 Å². The molecule has 1 amide bonds. The third-order valence-corrected chi connectivity index (χ3v) is 4.96. The van der Waals surface area contributed by atoms with Crippen LogP contribution in [0.3, 0.4) is 0 Å². The Labute approximate surface area is 155 Å². The normalized spacial score (nSPS) is 16.2. The third kappa shape index (κ3) is 4.35. The van der Waals surface area contributed by atoms with Crippen LogP contribution < -0.4 is 15.0 Å². The molecule has 3 rings (SSSR count). The van der Waals surface area contributed by atoms with E-state index in [0.717, 1.165) is 43.2 Å². The average molecular weight is 353 g/mol. The van der Waals surface area contributed by atoms with Gasteiger partial charge in [0.25, 0.3) is 0 Å². The van der Waals surface area contributed by atoms with Crippen molar-refractivity contribution < 1.29 is 9.53 Å². The van der Waals surface area contributed by atoms with Gasteiger partial charge in [-0.15, -0.1) is 0 Å².